The third-order valence-corrected chi connectivity index (χ3v) is 1.22. The molecule has 0 saturated heterocycles. The average molecular weight is 149 g/mol. The molecule has 0 aliphatic rings. The number of nitrogens with zero attached hydrogens (tertiary/aromatic N) is 1. The number of aromatic nitrogens is 1. The van der Waals surface area contributed by atoms with Gasteiger partial charge >= 0.3 is 0 Å². The molecule has 0 fully saturated rings. The van der Waals surface area contributed by atoms with Gasteiger partial charge in [-0.2, -0.15) is 0 Å². The molecule has 0 amide bonds. The first kappa shape index (κ1) is 7.79. The second-order valence-electron chi connectivity index (χ2n) is 2.10. The quantitative estimate of drug-likeness (QED) is 0.611. The van der Waals surface area contributed by atoms with Gasteiger partial charge in [0, 0.05) is 0 Å². The Morgan fingerprint density at radius 1 is 1.36 bits per heavy atom. The van der Waals surface area contributed by atoms with Crippen molar-refractivity contribution in [2.75, 3.05) is 0 Å². The maximum absolute atomic E-state index is 10.1. The molecular formula is C7H8BNO2. The highest BCUT2D eigenvalue weighted by Crippen LogP contribution is 1.78. The zero-order valence-corrected chi connectivity index (χ0v) is 5.97. The molecule has 1 aromatic rings. The van der Waals surface area contributed by atoms with Gasteiger partial charge < -0.3 is 9.58 Å². The summed E-state index contributed by atoms with van der Waals surface area (Å²) in [6.07, 6.45) is 3.64. The van der Waals surface area contributed by atoms with Crippen LogP contribution in [0.3, 0.4) is 0 Å². The number of rotatable bonds is 3. The van der Waals surface area contributed by atoms with E-state index in [2.05, 4.69) is 0 Å². The third-order valence-electron chi connectivity index (χ3n) is 1.22. The second kappa shape index (κ2) is 3.76. The molecule has 0 saturated carbocycles. The van der Waals surface area contributed by atoms with Gasteiger partial charge in [0.05, 0.1) is 7.41 Å². The fourth-order valence-corrected chi connectivity index (χ4v) is 0.717. The molecule has 1 N–H and O–H groups in total. The van der Waals surface area contributed by atoms with E-state index in [4.69, 9.17) is 5.11 Å². The smallest absolute Gasteiger partial charge is 0.269 e. The van der Waals surface area contributed by atoms with Crippen molar-refractivity contribution in [3.8, 4) is 0 Å². The molecule has 1 rings (SSSR count). The highest BCUT2D eigenvalue weighted by atomic mass is 16.4. The van der Waals surface area contributed by atoms with Crippen LogP contribution in [-0.2, 0) is 4.79 Å². The summed E-state index contributed by atoms with van der Waals surface area (Å²) < 4.78 is 1.72. The Bertz CT molecular complexity index is 237. The minimum Gasteiger partial charge on any atom is -0.484 e. The van der Waals surface area contributed by atoms with Gasteiger partial charge in [0.25, 0.3) is 5.97 Å². The summed E-state index contributed by atoms with van der Waals surface area (Å²) in [5.74, 6) is -0.818. The number of carbonyl (C=O) groups is 1. The minimum atomic E-state index is -0.818. The van der Waals surface area contributed by atoms with Crippen molar-refractivity contribution in [1.82, 2.24) is 0 Å². The van der Waals surface area contributed by atoms with Crippen LogP contribution in [0.2, 0.25) is 6.32 Å². The predicted octanol–water partition coefficient (Wildman–Crippen LogP) is -0.0557. The lowest BCUT2D eigenvalue weighted by atomic mass is 9.89. The molecule has 1 aromatic heterocycles. The van der Waals surface area contributed by atoms with Crippen LogP contribution in [0.1, 0.15) is 0 Å². The Balaban J connectivity index is 2.45. The lowest BCUT2D eigenvalue weighted by Crippen LogP contribution is -2.39. The van der Waals surface area contributed by atoms with Gasteiger partial charge in [-0.25, -0.2) is 0 Å². The summed E-state index contributed by atoms with van der Waals surface area (Å²) in [5.41, 5.74) is 0. The van der Waals surface area contributed by atoms with Crippen LogP contribution in [0.4, 0.5) is 0 Å². The van der Waals surface area contributed by atoms with E-state index in [0.717, 1.165) is 0 Å². The number of carboxylic acid groups (broad SMARTS) is 1. The highest BCUT2D eigenvalue weighted by molar-refractivity contribution is 6.31. The molecule has 3 nitrogen and oxygen atoms in total. The van der Waals surface area contributed by atoms with Crippen LogP contribution in [0.15, 0.2) is 30.6 Å². The van der Waals surface area contributed by atoms with E-state index in [1.54, 1.807) is 24.3 Å². The van der Waals surface area contributed by atoms with E-state index in [0.29, 0.717) is 0 Å². The van der Waals surface area contributed by atoms with Gasteiger partial charge in [0.1, 0.15) is 12.4 Å². The molecule has 0 aliphatic carbocycles. The largest absolute Gasteiger partial charge is 0.484 e. The van der Waals surface area contributed by atoms with E-state index in [1.807, 2.05) is 18.2 Å². The topological polar surface area (TPSA) is 41.2 Å². The summed E-state index contributed by atoms with van der Waals surface area (Å²) in [7, 11) is 1.60. The van der Waals surface area contributed by atoms with Crippen molar-refractivity contribution < 1.29 is 14.4 Å². The van der Waals surface area contributed by atoms with Gasteiger partial charge in [0.2, 0.25) is 0 Å². The molecule has 1 heterocycles. The van der Waals surface area contributed by atoms with Crippen LogP contribution in [0.25, 0.3) is 0 Å². The zero-order valence-electron chi connectivity index (χ0n) is 5.97. The fourth-order valence-electron chi connectivity index (χ4n) is 0.717. The van der Waals surface area contributed by atoms with E-state index in [1.165, 1.54) is 0 Å². The Kier molecular flexibility index (Phi) is 2.66. The molecule has 0 aromatic carbocycles. The lowest BCUT2D eigenvalue weighted by Gasteiger charge is -2.04. The maximum atomic E-state index is 10.1. The second-order valence-corrected chi connectivity index (χ2v) is 2.10. The van der Waals surface area contributed by atoms with Gasteiger partial charge in [-0.1, -0.05) is 12.4 Å². The van der Waals surface area contributed by atoms with E-state index in [-0.39, 0.29) is 6.32 Å². The molecule has 11 heavy (non-hydrogen) atoms. The summed E-state index contributed by atoms with van der Waals surface area (Å²) in [6, 6.07) is 5.57. The van der Waals surface area contributed by atoms with Crippen LogP contribution < -0.4 is 4.48 Å². The normalized spacial score (nSPS) is 9.45. The molecule has 4 heteroatoms. The number of carboxylic acids is 1. The predicted molar refractivity (Wildman–Crippen MR) is 40.2 cm³/mol. The van der Waals surface area contributed by atoms with Gasteiger partial charge in [-0.05, 0) is 12.1 Å². The van der Waals surface area contributed by atoms with Crippen molar-refractivity contribution in [2.24, 2.45) is 0 Å². The first-order chi connectivity index (χ1) is 5.29. The third kappa shape index (κ3) is 2.84. The standard InChI is InChI=1S/C7H7BNO2/c10-7(11)6-8-9-4-2-1-3-5-9/h1-5H,6H2/q-1/p+1. The molecule has 0 aliphatic heterocycles. The number of hydrogen-bond acceptors (Lipinski definition) is 1. The highest BCUT2D eigenvalue weighted by Gasteiger charge is 1.91. The molecule has 2 radical (unpaired) electrons. The van der Waals surface area contributed by atoms with Crippen LogP contribution in [0, 0.1) is 0 Å². The van der Waals surface area contributed by atoms with Gasteiger partial charge in [-0.15, -0.1) is 0 Å². The number of hydrogen-bond donors (Lipinski definition) is 1. The van der Waals surface area contributed by atoms with E-state index >= 15 is 0 Å². The Morgan fingerprint density at radius 3 is 2.55 bits per heavy atom. The molecule has 0 unspecified atom stereocenters. The molecule has 56 valence electrons. The van der Waals surface area contributed by atoms with Crippen LogP contribution in [0.5, 0.6) is 0 Å². The summed E-state index contributed by atoms with van der Waals surface area (Å²) in [5, 5.41) is 8.33. The number of aliphatic carboxylic acids is 1. The average Bonchev–Trinajstić information content (AvgIpc) is 2.03. The maximum Gasteiger partial charge on any atom is 0.269 e. The first-order valence-electron chi connectivity index (χ1n) is 3.30. The van der Waals surface area contributed by atoms with Gasteiger partial charge in [-0.3, -0.25) is 4.79 Å². The van der Waals surface area contributed by atoms with Gasteiger partial charge in [0.15, 0.2) is 0 Å². The zero-order chi connectivity index (χ0) is 8.10. The molecule has 0 spiro atoms. The lowest BCUT2D eigenvalue weighted by molar-refractivity contribution is -0.529. The Hall–Kier alpha value is -1.32. The van der Waals surface area contributed by atoms with E-state index < -0.39 is 5.97 Å². The Labute approximate surface area is 65.6 Å². The first-order valence-corrected chi connectivity index (χ1v) is 3.30. The Morgan fingerprint density at radius 2 is 2.00 bits per heavy atom. The van der Waals surface area contributed by atoms with Crippen molar-refractivity contribution in [3.63, 3.8) is 0 Å². The van der Waals surface area contributed by atoms with Crippen LogP contribution in [-0.4, -0.2) is 18.5 Å². The van der Waals surface area contributed by atoms with Crippen molar-refractivity contribution in [1.29, 1.82) is 0 Å². The van der Waals surface area contributed by atoms with Crippen molar-refractivity contribution in [3.05, 3.63) is 30.6 Å². The van der Waals surface area contributed by atoms with Crippen molar-refractivity contribution >= 4 is 13.4 Å². The summed E-state index contributed by atoms with van der Waals surface area (Å²) in [4.78, 5) is 10.1. The monoisotopic (exact) mass is 149 g/mol. The van der Waals surface area contributed by atoms with Crippen LogP contribution >= 0.6 is 0 Å². The fraction of sp³-hybridized carbons (Fsp3) is 0.143. The minimum absolute atomic E-state index is 0.0503. The molecule has 0 atom stereocenters. The SMILES string of the molecule is O=C(O)C[B-][n+]1ccccc1. The molecule has 0 bridgehead atoms. The van der Waals surface area contributed by atoms with Crippen molar-refractivity contribution in [2.45, 2.75) is 6.32 Å². The summed E-state index contributed by atoms with van der Waals surface area (Å²) in [6.45, 7) is 0. The number of pyridine rings is 1. The van der Waals surface area contributed by atoms with E-state index in [9.17, 15) is 4.79 Å². The summed E-state index contributed by atoms with van der Waals surface area (Å²) >= 11 is 0. The molecular weight excluding hydrogens is 141 g/mol.